The van der Waals surface area contributed by atoms with Crippen molar-refractivity contribution in [2.45, 2.75) is 201 Å². The molecule has 3 heteroatoms. The largest absolute Gasteiger partial charge is 0.311 e. The minimum Gasteiger partial charge on any atom is -0.311 e. The summed E-state index contributed by atoms with van der Waals surface area (Å²) in [4.78, 5) is 5.53. The molecule has 0 unspecified atom stereocenters. The molecule has 0 saturated heterocycles. The summed E-state index contributed by atoms with van der Waals surface area (Å²) in [5, 5.41) is 0. The lowest BCUT2D eigenvalue weighted by Crippen LogP contribution is -2.62. The number of aryl methyl sites for hydroxylation is 3. The Labute approximate surface area is 423 Å². The number of anilines is 6. The molecule has 3 aliphatic carbocycles. The van der Waals surface area contributed by atoms with Gasteiger partial charge in [0.05, 0.1) is 0 Å². The molecule has 70 heavy (non-hydrogen) atoms. The molecule has 11 rings (SSSR count). The molecule has 2 aliphatic heterocycles. The highest BCUT2D eigenvalue weighted by Crippen LogP contribution is 2.56. The summed E-state index contributed by atoms with van der Waals surface area (Å²) in [6, 6.07) is 39.9. The van der Waals surface area contributed by atoms with Crippen LogP contribution in [-0.4, -0.2) is 6.71 Å². The highest BCUT2D eigenvalue weighted by atomic mass is 15.2. The Balaban J connectivity index is 1.28. The molecule has 0 spiro atoms. The van der Waals surface area contributed by atoms with Crippen molar-refractivity contribution in [3.05, 3.63) is 158 Å². The van der Waals surface area contributed by atoms with E-state index < -0.39 is 0 Å². The van der Waals surface area contributed by atoms with Gasteiger partial charge in [-0.1, -0.05) is 171 Å². The van der Waals surface area contributed by atoms with Gasteiger partial charge in [-0.25, -0.2) is 0 Å². The van der Waals surface area contributed by atoms with E-state index in [1.165, 1.54) is 125 Å². The summed E-state index contributed by atoms with van der Waals surface area (Å²) in [6.45, 7) is 41.8. The lowest BCUT2D eigenvalue weighted by atomic mass is 9.33. The van der Waals surface area contributed by atoms with Gasteiger partial charge in [0.25, 0.3) is 6.71 Å². The Morgan fingerprint density at radius 3 is 1.43 bits per heavy atom. The fourth-order valence-corrected chi connectivity index (χ4v) is 15.3. The predicted molar refractivity (Wildman–Crippen MR) is 304 cm³/mol. The maximum Gasteiger partial charge on any atom is 0.252 e. The molecule has 5 aliphatic rings. The number of hydrogen-bond acceptors (Lipinski definition) is 2. The van der Waals surface area contributed by atoms with Crippen LogP contribution in [0.4, 0.5) is 34.1 Å². The first kappa shape index (κ1) is 47.3. The smallest absolute Gasteiger partial charge is 0.252 e. The van der Waals surface area contributed by atoms with Gasteiger partial charge in [0.2, 0.25) is 0 Å². The second-order valence-corrected chi connectivity index (χ2v) is 27.5. The van der Waals surface area contributed by atoms with Gasteiger partial charge in [0, 0.05) is 39.5 Å². The number of rotatable bonds is 7. The van der Waals surface area contributed by atoms with Crippen LogP contribution in [0.2, 0.25) is 0 Å². The quantitative estimate of drug-likeness (QED) is 0.147. The highest BCUT2D eigenvalue weighted by Gasteiger charge is 2.50. The summed E-state index contributed by atoms with van der Waals surface area (Å²) in [6.07, 6.45) is 8.04. The lowest BCUT2D eigenvalue weighted by Gasteiger charge is -2.47. The van der Waals surface area contributed by atoms with Crippen molar-refractivity contribution in [2.24, 2.45) is 0 Å². The van der Waals surface area contributed by atoms with E-state index in [2.05, 4.69) is 225 Å². The van der Waals surface area contributed by atoms with Crippen LogP contribution in [0.5, 0.6) is 0 Å². The molecular formula is C67H81BN2. The van der Waals surface area contributed by atoms with Crippen LogP contribution >= 0.6 is 0 Å². The van der Waals surface area contributed by atoms with Gasteiger partial charge in [0.15, 0.2) is 0 Å². The van der Waals surface area contributed by atoms with Crippen LogP contribution in [0.3, 0.4) is 0 Å². The molecule has 0 N–H and O–H groups in total. The normalized spacial score (nSPS) is 20.0. The van der Waals surface area contributed by atoms with Crippen LogP contribution in [0.1, 0.15) is 204 Å². The molecule has 2 nitrogen and oxygen atoms in total. The molecule has 0 aromatic heterocycles. The Kier molecular flexibility index (Phi) is 10.3. The number of fused-ring (bicyclic) bond motifs is 7. The standard InChI is InChI=1S/C67H81BN2/c1-18-19-23-43-32-58-60-59(33-43)70(56-36-49-46(30-41(56)2)61(4,5)28-29-62(49,6)7)57-38-51-48(64(10,11)40-66(51,14)15)35-53(57)68(60)52-34-45(67(16,17)44-24-21-20-22-25-44)26-27-54(52)69(58)55-37-50-47(31-42(55)3)63(8,9)39-65(50,12)13/h20-22,24-27,30-38H,18-19,23,28-29,39-40H2,1-17H3. The lowest BCUT2D eigenvalue weighted by molar-refractivity contribution is 0.332. The third-order valence-electron chi connectivity index (χ3n) is 19.0. The van der Waals surface area contributed by atoms with Gasteiger partial charge in [-0.05, 0) is 199 Å². The molecule has 6 aromatic carbocycles. The third kappa shape index (κ3) is 6.92. The van der Waals surface area contributed by atoms with Crippen molar-refractivity contribution in [1.29, 1.82) is 0 Å². The fraction of sp³-hybridized carbons (Fsp3) is 0.463. The van der Waals surface area contributed by atoms with E-state index in [0.717, 1.165) is 32.1 Å². The first-order valence-corrected chi connectivity index (χ1v) is 27.2. The maximum atomic E-state index is 2.79. The SMILES string of the molecule is CCCCc1cc2c3c(c1)N(c1cc4c(cc1C)C(C)(C)CCC4(C)C)c1cc4c(cc1B3c1cc(C(C)(C)c3ccccc3)ccc1N2c1cc2c(cc1C)C(C)(C)CC2(C)C)C(C)(C)CC4(C)C. The summed E-state index contributed by atoms with van der Waals surface area (Å²) in [5.41, 5.74) is 28.6. The molecule has 0 bridgehead atoms. The molecular weight excluding hydrogens is 844 g/mol. The Morgan fingerprint density at radius 1 is 0.457 bits per heavy atom. The minimum atomic E-state index is -0.207. The third-order valence-corrected chi connectivity index (χ3v) is 19.0. The van der Waals surface area contributed by atoms with Crippen LogP contribution < -0.4 is 26.2 Å². The van der Waals surface area contributed by atoms with E-state index >= 15 is 0 Å². The monoisotopic (exact) mass is 925 g/mol. The van der Waals surface area contributed by atoms with Crippen molar-refractivity contribution in [1.82, 2.24) is 0 Å². The number of hydrogen-bond donors (Lipinski definition) is 0. The molecule has 6 aromatic rings. The number of benzene rings is 6. The molecule has 0 fully saturated rings. The van der Waals surface area contributed by atoms with Crippen LogP contribution in [0.25, 0.3) is 0 Å². The number of nitrogens with zero attached hydrogens (tertiary/aromatic N) is 2. The van der Waals surface area contributed by atoms with Crippen LogP contribution in [0.15, 0.2) is 97.1 Å². The fourth-order valence-electron chi connectivity index (χ4n) is 15.3. The molecule has 0 radical (unpaired) electrons. The zero-order valence-corrected chi connectivity index (χ0v) is 46.2. The van der Waals surface area contributed by atoms with E-state index in [1.807, 2.05) is 0 Å². The van der Waals surface area contributed by atoms with Crippen molar-refractivity contribution < 1.29 is 0 Å². The van der Waals surface area contributed by atoms with E-state index in [4.69, 9.17) is 0 Å². The van der Waals surface area contributed by atoms with E-state index in [0.29, 0.717) is 0 Å². The van der Waals surface area contributed by atoms with Crippen LogP contribution in [-0.2, 0) is 44.3 Å². The summed E-state index contributed by atoms with van der Waals surface area (Å²) in [7, 11) is 0. The molecule has 0 saturated carbocycles. The second-order valence-electron chi connectivity index (χ2n) is 27.5. The predicted octanol–water partition coefficient (Wildman–Crippen LogP) is 16.3. The van der Waals surface area contributed by atoms with E-state index in [1.54, 1.807) is 0 Å². The van der Waals surface area contributed by atoms with E-state index in [-0.39, 0.29) is 44.6 Å². The Morgan fingerprint density at radius 2 is 0.900 bits per heavy atom. The first-order valence-electron chi connectivity index (χ1n) is 27.2. The second kappa shape index (κ2) is 15.3. The van der Waals surface area contributed by atoms with Gasteiger partial charge in [0.1, 0.15) is 0 Å². The average molecular weight is 925 g/mol. The Bertz CT molecular complexity index is 3150. The van der Waals surface area contributed by atoms with Gasteiger partial charge in [-0.15, -0.1) is 0 Å². The van der Waals surface area contributed by atoms with Crippen molar-refractivity contribution >= 4 is 57.2 Å². The van der Waals surface area contributed by atoms with Crippen LogP contribution in [0, 0.1) is 13.8 Å². The van der Waals surface area contributed by atoms with Gasteiger partial charge in [-0.3, -0.25) is 0 Å². The summed E-state index contributed by atoms with van der Waals surface area (Å²) >= 11 is 0. The van der Waals surface area contributed by atoms with Crippen molar-refractivity contribution in [2.75, 3.05) is 9.80 Å². The van der Waals surface area contributed by atoms with Gasteiger partial charge in [-0.2, -0.15) is 0 Å². The molecule has 0 atom stereocenters. The Hall–Kier alpha value is -5.02. The van der Waals surface area contributed by atoms with Crippen molar-refractivity contribution in [3.63, 3.8) is 0 Å². The zero-order valence-electron chi connectivity index (χ0n) is 46.2. The maximum absolute atomic E-state index is 2.79. The number of unbranched alkanes of at least 4 members (excludes halogenated alkanes) is 1. The highest BCUT2D eigenvalue weighted by molar-refractivity contribution is 7.00. The summed E-state index contributed by atoms with van der Waals surface area (Å²) in [5.74, 6) is 0. The topological polar surface area (TPSA) is 6.48 Å². The molecule has 362 valence electrons. The van der Waals surface area contributed by atoms with E-state index in [9.17, 15) is 0 Å². The summed E-state index contributed by atoms with van der Waals surface area (Å²) < 4.78 is 0. The average Bonchev–Trinajstić information content (AvgIpc) is 3.59. The van der Waals surface area contributed by atoms with Gasteiger partial charge >= 0.3 is 0 Å². The molecule has 2 heterocycles. The first-order chi connectivity index (χ1) is 32.7. The molecule has 0 amide bonds. The minimum absolute atomic E-state index is 0.0393. The van der Waals surface area contributed by atoms with Gasteiger partial charge < -0.3 is 9.80 Å². The van der Waals surface area contributed by atoms with Crippen molar-refractivity contribution in [3.8, 4) is 0 Å². The zero-order chi connectivity index (χ0) is 50.0.